The summed E-state index contributed by atoms with van der Waals surface area (Å²) in [5, 5.41) is 1.68. The van der Waals surface area contributed by atoms with E-state index in [9.17, 15) is 0 Å². The van der Waals surface area contributed by atoms with Crippen molar-refractivity contribution in [1.82, 2.24) is 15.0 Å². The Labute approximate surface area is 130 Å². The summed E-state index contributed by atoms with van der Waals surface area (Å²) in [4.78, 5) is 15.2. The Hall–Kier alpha value is -0.550. The highest BCUT2D eigenvalue weighted by Gasteiger charge is 2.21. The normalized spacial score (nSPS) is 22.8. The van der Waals surface area contributed by atoms with Gasteiger partial charge in [-0.25, -0.2) is 0 Å². The Morgan fingerprint density at radius 3 is 2.60 bits per heavy atom. The van der Waals surface area contributed by atoms with Gasteiger partial charge in [0.25, 0.3) is 0 Å². The van der Waals surface area contributed by atoms with Crippen molar-refractivity contribution in [1.29, 1.82) is 0 Å². The van der Waals surface area contributed by atoms with Gasteiger partial charge in [0.15, 0.2) is 5.16 Å². The minimum absolute atomic E-state index is 0.299. The van der Waals surface area contributed by atoms with Crippen LogP contribution in [-0.4, -0.2) is 33.3 Å². The van der Waals surface area contributed by atoms with Crippen molar-refractivity contribution in [2.24, 2.45) is 5.92 Å². The van der Waals surface area contributed by atoms with Crippen LogP contribution in [0, 0.1) is 5.92 Å². The average Bonchev–Trinajstić information content (AvgIpc) is 2.39. The van der Waals surface area contributed by atoms with Gasteiger partial charge in [-0.05, 0) is 44.2 Å². The summed E-state index contributed by atoms with van der Waals surface area (Å²) < 4.78 is 0. The highest BCUT2D eigenvalue weighted by molar-refractivity contribution is 7.99. The molecule has 4 nitrogen and oxygen atoms in total. The molecule has 2 unspecified atom stereocenters. The molecule has 0 saturated heterocycles. The van der Waals surface area contributed by atoms with E-state index in [0.717, 1.165) is 24.2 Å². The highest BCUT2D eigenvalue weighted by atomic mass is 35.5. The molecule has 0 aliphatic heterocycles. The zero-order valence-corrected chi connectivity index (χ0v) is 14.0. The van der Waals surface area contributed by atoms with Gasteiger partial charge in [-0.3, -0.25) is 0 Å². The molecule has 6 heteroatoms. The van der Waals surface area contributed by atoms with Gasteiger partial charge in [-0.2, -0.15) is 15.0 Å². The molecule has 1 aliphatic carbocycles. The molecule has 0 amide bonds. The largest absolute Gasteiger partial charge is 0.341 e. The molecule has 112 valence electrons. The van der Waals surface area contributed by atoms with Gasteiger partial charge in [-0.15, -0.1) is 0 Å². The lowest BCUT2D eigenvalue weighted by Gasteiger charge is -2.25. The van der Waals surface area contributed by atoms with E-state index in [2.05, 4.69) is 40.6 Å². The fraction of sp³-hybridized carbons (Fsp3) is 0.786. The number of aromatic nitrogens is 3. The van der Waals surface area contributed by atoms with Crippen LogP contribution in [0.5, 0.6) is 0 Å². The fourth-order valence-electron chi connectivity index (χ4n) is 2.66. The Kier molecular flexibility index (Phi) is 5.90. The van der Waals surface area contributed by atoms with Crippen LogP contribution < -0.4 is 4.90 Å². The lowest BCUT2D eigenvalue weighted by Crippen LogP contribution is -2.25. The molecule has 0 bridgehead atoms. The third-order valence-electron chi connectivity index (χ3n) is 3.78. The van der Waals surface area contributed by atoms with Crippen molar-refractivity contribution in [2.75, 3.05) is 18.0 Å². The maximum absolute atomic E-state index is 6.05. The fourth-order valence-corrected chi connectivity index (χ4v) is 4.14. The van der Waals surface area contributed by atoms with Gasteiger partial charge >= 0.3 is 0 Å². The zero-order chi connectivity index (χ0) is 14.5. The van der Waals surface area contributed by atoms with Crippen LogP contribution in [0.1, 0.15) is 46.5 Å². The predicted molar refractivity (Wildman–Crippen MR) is 85.7 cm³/mol. The summed E-state index contributed by atoms with van der Waals surface area (Å²) in [7, 11) is 0. The van der Waals surface area contributed by atoms with Crippen LogP contribution in [-0.2, 0) is 0 Å². The van der Waals surface area contributed by atoms with Crippen LogP contribution in [0.25, 0.3) is 0 Å². The molecule has 0 aromatic carbocycles. The monoisotopic (exact) mass is 314 g/mol. The van der Waals surface area contributed by atoms with Crippen molar-refractivity contribution in [3.8, 4) is 0 Å². The molecule has 1 fully saturated rings. The first-order valence-electron chi connectivity index (χ1n) is 7.45. The number of rotatable bonds is 5. The maximum atomic E-state index is 6.05. The van der Waals surface area contributed by atoms with Gasteiger partial charge in [0.1, 0.15) is 0 Å². The molecule has 0 N–H and O–H groups in total. The van der Waals surface area contributed by atoms with Crippen molar-refractivity contribution < 1.29 is 0 Å². The third-order valence-corrected chi connectivity index (χ3v) is 5.11. The molecule has 2 rings (SSSR count). The molecule has 0 radical (unpaired) electrons. The molecule has 20 heavy (non-hydrogen) atoms. The van der Waals surface area contributed by atoms with E-state index >= 15 is 0 Å². The standard InChI is InChI=1S/C14H23ClN4S/c1-4-19(5-2)13-16-12(15)17-14(18-13)20-11-8-6-7-10(3)9-11/h10-11H,4-9H2,1-3H3. The van der Waals surface area contributed by atoms with Crippen LogP contribution in [0.15, 0.2) is 5.16 Å². The zero-order valence-electron chi connectivity index (χ0n) is 12.5. The first-order chi connectivity index (χ1) is 9.62. The lowest BCUT2D eigenvalue weighted by atomic mass is 9.91. The Balaban J connectivity index is 2.11. The van der Waals surface area contributed by atoms with E-state index in [1.165, 1.54) is 25.7 Å². The topological polar surface area (TPSA) is 41.9 Å². The second-order valence-electron chi connectivity index (χ2n) is 5.37. The minimum atomic E-state index is 0.299. The number of anilines is 1. The lowest BCUT2D eigenvalue weighted by molar-refractivity contribution is 0.394. The molecule has 2 atom stereocenters. The molecule has 0 spiro atoms. The molecule has 1 heterocycles. The summed E-state index contributed by atoms with van der Waals surface area (Å²) in [6.07, 6.45) is 5.15. The van der Waals surface area contributed by atoms with E-state index in [-0.39, 0.29) is 0 Å². The SMILES string of the molecule is CCN(CC)c1nc(Cl)nc(SC2CCCC(C)C2)n1. The van der Waals surface area contributed by atoms with Gasteiger partial charge in [0.2, 0.25) is 11.2 Å². The number of hydrogen-bond donors (Lipinski definition) is 0. The highest BCUT2D eigenvalue weighted by Crippen LogP contribution is 2.35. The summed E-state index contributed by atoms with van der Waals surface area (Å²) >= 11 is 7.81. The Morgan fingerprint density at radius 1 is 1.20 bits per heavy atom. The molecular formula is C14H23ClN4S. The Morgan fingerprint density at radius 2 is 1.95 bits per heavy atom. The average molecular weight is 315 g/mol. The number of halogens is 1. The first kappa shape index (κ1) is 15.8. The predicted octanol–water partition coefficient (Wildman–Crippen LogP) is 4.04. The minimum Gasteiger partial charge on any atom is -0.341 e. The second-order valence-corrected chi connectivity index (χ2v) is 6.98. The molecule has 1 saturated carbocycles. The van der Waals surface area contributed by atoms with Crippen LogP contribution in [0.3, 0.4) is 0 Å². The summed E-state index contributed by atoms with van der Waals surface area (Å²) in [6, 6.07) is 0. The van der Waals surface area contributed by atoms with Crippen molar-refractivity contribution >= 4 is 29.3 Å². The maximum Gasteiger partial charge on any atom is 0.230 e. The number of thioether (sulfide) groups is 1. The van der Waals surface area contributed by atoms with Crippen molar-refractivity contribution in [2.45, 2.75) is 56.9 Å². The molecule has 1 aromatic heterocycles. The van der Waals surface area contributed by atoms with Crippen molar-refractivity contribution in [3.63, 3.8) is 0 Å². The third kappa shape index (κ3) is 4.22. The van der Waals surface area contributed by atoms with Gasteiger partial charge in [0.05, 0.1) is 0 Å². The molecule has 1 aromatic rings. The van der Waals surface area contributed by atoms with E-state index in [1.54, 1.807) is 11.8 Å². The van der Waals surface area contributed by atoms with Crippen LogP contribution in [0.2, 0.25) is 5.28 Å². The molecular weight excluding hydrogens is 292 g/mol. The summed E-state index contributed by atoms with van der Waals surface area (Å²) in [6.45, 7) is 8.27. The van der Waals surface area contributed by atoms with E-state index < -0.39 is 0 Å². The Bertz CT molecular complexity index is 439. The number of nitrogens with zero attached hydrogens (tertiary/aromatic N) is 4. The quantitative estimate of drug-likeness (QED) is 0.820. The second kappa shape index (κ2) is 7.46. The first-order valence-corrected chi connectivity index (χ1v) is 8.71. The van der Waals surface area contributed by atoms with Gasteiger partial charge in [-0.1, -0.05) is 31.5 Å². The smallest absolute Gasteiger partial charge is 0.230 e. The molecule has 1 aliphatic rings. The van der Waals surface area contributed by atoms with Gasteiger partial charge in [0, 0.05) is 18.3 Å². The summed E-state index contributed by atoms with van der Waals surface area (Å²) in [5.74, 6) is 1.50. The van der Waals surface area contributed by atoms with E-state index in [4.69, 9.17) is 11.6 Å². The van der Waals surface area contributed by atoms with Crippen molar-refractivity contribution in [3.05, 3.63) is 5.28 Å². The van der Waals surface area contributed by atoms with Crippen LogP contribution >= 0.6 is 23.4 Å². The van der Waals surface area contributed by atoms with E-state index in [0.29, 0.717) is 16.5 Å². The van der Waals surface area contributed by atoms with Crippen LogP contribution in [0.4, 0.5) is 5.95 Å². The number of hydrogen-bond acceptors (Lipinski definition) is 5. The summed E-state index contributed by atoms with van der Waals surface area (Å²) in [5.41, 5.74) is 0. The van der Waals surface area contributed by atoms with E-state index in [1.807, 2.05) is 0 Å². The van der Waals surface area contributed by atoms with Gasteiger partial charge < -0.3 is 4.90 Å².